The molecule has 1 aromatic rings. The van der Waals surface area contributed by atoms with Gasteiger partial charge < -0.3 is 5.73 Å². The molecule has 82 valence electrons. The van der Waals surface area contributed by atoms with Gasteiger partial charge in [0.2, 0.25) is 11.6 Å². The molecule has 1 unspecified atom stereocenters. The quantitative estimate of drug-likeness (QED) is 0.817. The molecule has 0 aliphatic carbocycles. The van der Waals surface area contributed by atoms with Crippen molar-refractivity contribution in [1.29, 1.82) is 0 Å². The Kier molecular flexibility index (Phi) is 2.26. The minimum atomic E-state index is -2.48. The standard InChI is InChI=1S/C10H8FN3O2/c11-10(5-8(12)15)6-3-1-2-4-7(6)13-14-9(10)16/h1-4H,5H2,(H2,12,15). The van der Waals surface area contributed by atoms with Gasteiger partial charge in [-0.15, -0.1) is 10.2 Å². The van der Waals surface area contributed by atoms with Crippen LogP contribution in [-0.2, 0) is 15.3 Å². The number of carbonyl (C=O) groups is 2. The third-order valence-corrected chi connectivity index (χ3v) is 2.34. The van der Waals surface area contributed by atoms with Crippen LogP contribution in [0.1, 0.15) is 12.0 Å². The lowest BCUT2D eigenvalue weighted by atomic mass is 9.89. The van der Waals surface area contributed by atoms with Gasteiger partial charge in [-0.2, -0.15) is 0 Å². The predicted octanol–water partition coefficient (Wildman–Crippen LogP) is 1.35. The first-order chi connectivity index (χ1) is 7.54. The maximum absolute atomic E-state index is 14.4. The van der Waals surface area contributed by atoms with E-state index in [4.69, 9.17) is 5.73 Å². The normalized spacial score (nSPS) is 22.9. The monoisotopic (exact) mass is 221 g/mol. The summed E-state index contributed by atoms with van der Waals surface area (Å²) in [5.74, 6) is -1.99. The first-order valence-electron chi connectivity index (χ1n) is 4.57. The number of benzene rings is 1. The number of hydrogen-bond acceptors (Lipinski definition) is 3. The van der Waals surface area contributed by atoms with Gasteiger partial charge in [-0.05, 0) is 6.07 Å². The average molecular weight is 221 g/mol. The van der Waals surface area contributed by atoms with E-state index in [1.54, 1.807) is 12.1 Å². The van der Waals surface area contributed by atoms with Crippen LogP contribution in [-0.4, -0.2) is 11.8 Å². The molecule has 16 heavy (non-hydrogen) atoms. The number of fused-ring (bicyclic) bond motifs is 1. The Morgan fingerprint density at radius 2 is 2.06 bits per heavy atom. The topological polar surface area (TPSA) is 84.9 Å². The lowest BCUT2D eigenvalue weighted by molar-refractivity contribution is -0.136. The molecule has 0 radical (unpaired) electrons. The molecule has 0 spiro atoms. The van der Waals surface area contributed by atoms with Crippen molar-refractivity contribution in [3.8, 4) is 0 Å². The van der Waals surface area contributed by atoms with Gasteiger partial charge in [0.1, 0.15) is 0 Å². The number of halogens is 1. The Morgan fingerprint density at radius 3 is 2.75 bits per heavy atom. The van der Waals surface area contributed by atoms with Crippen LogP contribution < -0.4 is 5.73 Å². The number of azo groups is 1. The molecule has 1 heterocycles. The summed E-state index contributed by atoms with van der Waals surface area (Å²) in [6.45, 7) is 0. The minimum absolute atomic E-state index is 0.0359. The second kappa shape index (κ2) is 3.48. The van der Waals surface area contributed by atoms with Crippen LogP contribution in [0.2, 0.25) is 0 Å². The molecule has 2 N–H and O–H groups in total. The van der Waals surface area contributed by atoms with Gasteiger partial charge in [0, 0.05) is 5.56 Å². The van der Waals surface area contributed by atoms with Crippen LogP contribution in [0.15, 0.2) is 34.5 Å². The van der Waals surface area contributed by atoms with Gasteiger partial charge in [0.25, 0.3) is 0 Å². The molecule has 1 aliphatic rings. The van der Waals surface area contributed by atoms with Crippen molar-refractivity contribution in [2.75, 3.05) is 0 Å². The highest BCUT2D eigenvalue weighted by Crippen LogP contribution is 2.40. The van der Waals surface area contributed by atoms with Crippen molar-refractivity contribution in [2.24, 2.45) is 16.0 Å². The minimum Gasteiger partial charge on any atom is -0.370 e. The van der Waals surface area contributed by atoms with E-state index < -0.39 is 23.9 Å². The van der Waals surface area contributed by atoms with Crippen molar-refractivity contribution < 1.29 is 14.0 Å². The van der Waals surface area contributed by atoms with Gasteiger partial charge in [0.15, 0.2) is 0 Å². The molecule has 0 saturated heterocycles. The van der Waals surface area contributed by atoms with E-state index in [9.17, 15) is 14.0 Å². The van der Waals surface area contributed by atoms with Gasteiger partial charge >= 0.3 is 5.91 Å². The fourth-order valence-corrected chi connectivity index (χ4v) is 1.60. The van der Waals surface area contributed by atoms with Gasteiger partial charge in [0.05, 0.1) is 12.1 Å². The average Bonchev–Trinajstić information content (AvgIpc) is 2.23. The molecule has 0 saturated carbocycles. The Labute approximate surface area is 90.2 Å². The largest absolute Gasteiger partial charge is 0.370 e. The van der Waals surface area contributed by atoms with Crippen molar-refractivity contribution in [3.05, 3.63) is 29.8 Å². The van der Waals surface area contributed by atoms with E-state index in [1.165, 1.54) is 12.1 Å². The van der Waals surface area contributed by atoms with E-state index in [-0.39, 0.29) is 11.3 Å². The van der Waals surface area contributed by atoms with Crippen LogP contribution in [0.25, 0.3) is 0 Å². The zero-order chi connectivity index (χ0) is 11.8. The molecular weight excluding hydrogens is 213 g/mol. The second-order valence-corrected chi connectivity index (χ2v) is 3.47. The predicted molar refractivity (Wildman–Crippen MR) is 52.6 cm³/mol. The molecule has 1 atom stereocenters. The third kappa shape index (κ3) is 1.48. The zero-order valence-electron chi connectivity index (χ0n) is 8.18. The number of carbonyl (C=O) groups excluding carboxylic acids is 2. The third-order valence-electron chi connectivity index (χ3n) is 2.34. The molecule has 2 amide bonds. The summed E-state index contributed by atoms with van der Waals surface area (Å²) in [5, 5.41) is 6.74. The maximum atomic E-state index is 14.4. The summed E-state index contributed by atoms with van der Waals surface area (Å²) in [4.78, 5) is 22.2. The molecular formula is C10H8FN3O2. The van der Waals surface area contributed by atoms with E-state index in [0.717, 1.165) is 0 Å². The Morgan fingerprint density at radius 1 is 1.38 bits per heavy atom. The lowest BCUT2D eigenvalue weighted by Crippen LogP contribution is -2.36. The summed E-state index contributed by atoms with van der Waals surface area (Å²) in [7, 11) is 0. The molecule has 5 nitrogen and oxygen atoms in total. The Hall–Kier alpha value is -2.11. The maximum Gasteiger partial charge on any atom is 0.307 e. The summed E-state index contributed by atoms with van der Waals surface area (Å²) >= 11 is 0. The molecule has 1 aromatic carbocycles. The fourth-order valence-electron chi connectivity index (χ4n) is 1.60. The summed E-state index contributed by atoms with van der Waals surface area (Å²) in [6.07, 6.45) is -0.720. The molecule has 2 rings (SSSR count). The van der Waals surface area contributed by atoms with Gasteiger partial charge in [-0.3, -0.25) is 9.59 Å². The summed E-state index contributed by atoms with van der Waals surface area (Å²) in [5.41, 5.74) is 2.72. The molecule has 0 aromatic heterocycles. The van der Waals surface area contributed by atoms with Crippen molar-refractivity contribution in [3.63, 3.8) is 0 Å². The molecule has 0 bridgehead atoms. The van der Waals surface area contributed by atoms with Crippen LogP contribution in [0.5, 0.6) is 0 Å². The van der Waals surface area contributed by atoms with Gasteiger partial charge in [-0.25, -0.2) is 4.39 Å². The van der Waals surface area contributed by atoms with Crippen molar-refractivity contribution in [2.45, 2.75) is 12.1 Å². The number of amides is 2. The highest BCUT2D eigenvalue weighted by molar-refractivity contribution is 5.94. The smallest absolute Gasteiger partial charge is 0.307 e. The number of nitrogens with two attached hydrogens (primary N) is 1. The van der Waals surface area contributed by atoms with Crippen molar-refractivity contribution >= 4 is 17.5 Å². The number of rotatable bonds is 2. The van der Waals surface area contributed by atoms with Crippen LogP contribution in [0, 0.1) is 0 Å². The lowest BCUT2D eigenvalue weighted by Gasteiger charge is -2.24. The van der Waals surface area contributed by atoms with Crippen LogP contribution in [0.3, 0.4) is 0 Å². The van der Waals surface area contributed by atoms with Crippen molar-refractivity contribution in [1.82, 2.24) is 0 Å². The number of hydrogen-bond donors (Lipinski definition) is 1. The van der Waals surface area contributed by atoms with E-state index in [2.05, 4.69) is 10.2 Å². The Bertz CT molecular complexity index is 501. The fraction of sp³-hybridized carbons (Fsp3) is 0.200. The number of nitrogens with zero attached hydrogens (tertiary/aromatic N) is 2. The molecule has 0 fully saturated rings. The van der Waals surface area contributed by atoms with Crippen LogP contribution >= 0.6 is 0 Å². The summed E-state index contributed by atoms with van der Waals surface area (Å²) < 4.78 is 14.4. The first-order valence-corrected chi connectivity index (χ1v) is 4.57. The molecule has 6 heteroatoms. The zero-order valence-corrected chi connectivity index (χ0v) is 8.18. The molecule has 1 aliphatic heterocycles. The second-order valence-electron chi connectivity index (χ2n) is 3.47. The number of primary amides is 1. The Balaban J connectivity index is 2.56. The summed E-state index contributed by atoms with van der Waals surface area (Å²) in [6, 6.07) is 6.11. The SMILES string of the molecule is NC(=O)CC1(F)C(=O)N=Nc2ccccc21. The number of alkyl halides is 1. The van der Waals surface area contributed by atoms with Gasteiger partial charge in [-0.1, -0.05) is 18.2 Å². The highest BCUT2D eigenvalue weighted by Gasteiger charge is 2.46. The first kappa shape index (κ1) is 10.4. The van der Waals surface area contributed by atoms with E-state index in [1.807, 2.05) is 0 Å². The highest BCUT2D eigenvalue weighted by atomic mass is 19.1. The van der Waals surface area contributed by atoms with E-state index in [0.29, 0.717) is 0 Å². The van der Waals surface area contributed by atoms with E-state index >= 15 is 0 Å². The van der Waals surface area contributed by atoms with Crippen LogP contribution in [0.4, 0.5) is 10.1 Å².